The minimum Gasteiger partial charge on any atom is -0.433 e. The highest BCUT2D eigenvalue weighted by Gasteiger charge is 2.11. The van der Waals surface area contributed by atoms with E-state index in [-0.39, 0.29) is 0 Å². The van der Waals surface area contributed by atoms with Gasteiger partial charge in [0, 0.05) is 0 Å². The van der Waals surface area contributed by atoms with Gasteiger partial charge in [-0.3, -0.25) is 0 Å². The number of fused-ring (bicyclic) bond motifs is 1. The number of nitrogens with zero attached hydrogens (tertiary/aromatic N) is 1. The maximum absolute atomic E-state index is 11.5. The van der Waals surface area contributed by atoms with Gasteiger partial charge in [-0.15, -0.1) is 0 Å². The minimum absolute atomic E-state index is 0.372. The number of nitrogen functional groups attached to an aromatic ring is 1. The zero-order valence-electron chi connectivity index (χ0n) is 8.51. The molecule has 0 amide bonds. The van der Waals surface area contributed by atoms with Crippen molar-refractivity contribution in [3.8, 4) is 0 Å². The molecule has 5 nitrogen and oxygen atoms in total. The maximum atomic E-state index is 11.5. The molecule has 1 aromatic heterocycles. The first-order valence-electron chi connectivity index (χ1n) is 4.61. The predicted octanol–water partition coefficient (Wildman–Crippen LogP) is 1.37. The van der Waals surface area contributed by atoms with Gasteiger partial charge in [-0.05, 0) is 25.1 Å². The Morgan fingerprint density at radius 3 is 3.06 bits per heavy atom. The Morgan fingerprint density at radius 1 is 1.62 bits per heavy atom. The summed E-state index contributed by atoms with van der Waals surface area (Å²) in [5, 5.41) is 9.38. The van der Waals surface area contributed by atoms with Gasteiger partial charge in [0.2, 0.25) is 0 Å². The van der Waals surface area contributed by atoms with Crippen molar-refractivity contribution in [1.29, 1.82) is 0 Å². The zero-order valence-corrected chi connectivity index (χ0v) is 9.32. The van der Waals surface area contributed by atoms with Crippen LogP contribution in [0.25, 0.3) is 10.2 Å². The fourth-order valence-electron chi connectivity index (χ4n) is 1.29. The summed E-state index contributed by atoms with van der Waals surface area (Å²) in [5.74, 6) is -0.566. The molecule has 0 aliphatic rings. The van der Waals surface area contributed by atoms with E-state index in [2.05, 4.69) is 9.72 Å². The summed E-state index contributed by atoms with van der Waals surface area (Å²) in [6, 6.07) is 4.93. The number of aliphatic hydroxyl groups excluding tert-OH is 1. The van der Waals surface area contributed by atoms with Gasteiger partial charge in [-0.2, -0.15) is 0 Å². The summed E-state index contributed by atoms with van der Waals surface area (Å²) in [6.45, 7) is 1.38. The van der Waals surface area contributed by atoms with E-state index in [1.54, 1.807) is 18.2 Å². The number of aromatic nitrogens is 1. The molecule has 0 aliphatic heterocycles. The third kappa shape index (κ3) is 2.12. The number of hydrogen-bond acceptors (Lipinski definition) is 6. The molecule has 1 atom stereocenters. The molecule has 0 spiro atoms. The van der Waals surface area contributed by atoms with E-state index < -0.39 is 12.3 Å². The highest BCUT2D eigenvalue weighted by Crippen LogP contribution is 2.24. The van der Waals surface area contributed by atoms with Crippen molar-refractivity contribution >= 4 is 32.7 Å². The lowest BCUT2D eigenvalue weighted by Gasteiger charge is -2.06. The van der Waals surface area contributed by atoms with Gasteiger partial charge in [-0.1, -0.05) is 11.3 Å². The average molecular weight is 238 g/mol. The molecule has 0 saturated carbocycles. The number of esters is 1. The van der Waals surface area contributed by atoms with Crippen molar-refractivity contribution in [1.82, 2.24) is 4.98 Å². The van der Waals surface area contributed by atoms with E-state index in [4.69, 9.17) is 10.8 Å². The molecule has 1 aromatic carbocycles. The highest BCUT2D eigenvalue weighted by atomic mass is 32.1. The van der Waals surface area contributed by atoms with E-state index in [1.165, 1.54) is 18.3 Å². The lowest BCUT2D eigenvalue weighted by Crippen LogP contribution is -2.13. The summed E-state index contributed by atoms with van der Waals surface area (Å²) in [4.78, 5) is 15.5. The number of benzene rings is 1. The molecule has 0 fully saturated rings. The summed E-state index contributed by atoms with van der Waals surface area (Å²) in [7, 11) is 0. The molecule has 3 N–H and O–H groups in total. The van der Waals surface area contributed by atoms with Crippen molar-refractivity contribution in [3.63, 3.8) is 0 Å². The highest BCUT2D eigenvalue weighted by molar-refractivity contribution is 7.22. The molecule has 0 bridgehead atoms. The number of nitrogens with two attached hydrogens (primary N) is 1. The molecule has 0 saturated heterocycles. The first-order chi connectivity index (χ1) is 7.56. The number of ether oxygens (including phenoxy) is 1. The number of carbonyl (C=O) groups is 1. The third-order valence-corrected chi connectivity index (χ3v) is 2.77. The van der Waals surface area contributed by atoms with Gasteiger partial charge in [0.05, 0.1) is 15.8 Å². The number of rotatable bonds is 2. The van der Waals surface area contributed by atoms with Gasteiger partial charge >= 0.3 is 5.97 Å². The fraction of sp³-hybridized carbons (Fsp3) is 0.200. The molecule has 1 heterocycles. The van der Waals surface area contributed by atoms with Crippen molar-refractivity contribution in [2.75, 3.05) is 5.73 Å². The lowest BCUT2D eigenvalue weighted by molar-refractivity contribution is -0.0522. The van der Waals surface area contributed by atoms with Crippen LogP contribution in [0.4, 0.5) is 5.13 Å². The smallest absolute Gasteiger partial charge is 0.340 e. The third-order valence-electron chi connectivity index (χ3n) is 1.92. The second-order valence-corrected chi connectivity index (χ2v) is 4.30. The molecule has 2 aromatic rings. The molecular formula is C10H10N2O3S. The number of thiazole rings is 1. The lowest BCUT2D eigenvalue weighted by atomic mass is 10.2. The van der Waals surface area contributed by atoms with E-state index in [0.29, 0.717) is 10.7 Å². The van der Waals surface area contributed by atoms with Gasteiger partial charge < -0.3 is 15.6 Å². The summed E-state index contributed by atoms with van der Waals surface area (Å²) in [6.07, 6.45) is -1.12. The second-order valence-electron chi connectivity index (χ2n) is 3.24. The summed E-state index contributed by atoms with van der Waals surface area (Å²) in [5.41, 5.74) is 6.67. The van der Waals surface area contributed by atoms with Gasteiger partial charge in [0.15, 0.2) is 11.4 Å². The topological polar surface area (TPSA) is 85.4 Å². The average Bonchev–Trinajstić information content (AvgIpc) is 2.55. The van der Waals surface area contributed by atoms with Gasteiger partial charge in [0.1, 0.15) is 0 Å². The molecule has 0 radical (unpaired) electrons. The Hall–Kier alpha value is -1.66. The van der Waals surface area contributed by atoms with Crippen LogP contribution in [-0.4, -0.2) is 22.3 Å². The quantitative estimate of drug-likeness (QED) is 0.609. The molecule has 0 aliphatic carbocycles. The first kappa shape index (κ1) is 10.8. The Kier molecular flexibility index (Phi) is 2.76. The number of anilines is 1. The SMILES string of the molecule is CC(O)OC(=O)c1ccc2nc(N)sc2c1. The van der Waals surface area contributed by atoms with Crippen LogP contribution in [0.3, 0.4) is 0 Å². The molecule has 16 heavy (non-hydrogen) atoms. The second kappa shape index (κ2) is 4.07. The maximum Gasteiger partial charge on any atom is 0.340 e. The van der Waals surface area contributed by atoms with Crippen LogP contribution in [0, 0.1) is 0 Å². The molecule has 84 valence electrons. The number of aliphatic hydroxyl groups is 1. The van der Waals surface area contributed by atoms with Crippen LogP contribution in [0.2, 0.25) is 0 Å². The molecule has 1 unspecified atom stereocenters. The van der Waals surface area contributed by atoms with E-state index in [9.17, 15) is 4.79 Å². The predicted molar refractivity (Wildman–Crippen MR) is 61.1 cm³/mol. The molecule has 6 heteroatoms. The Labute approximate surface area is 95.5 Å². The molecular weight excluding hydrogens is 228 g/mol. The van der Waals surface area contributed by atoms with Crippen molar-refractivity contribution in [2.45, 2.75) is 13.2 Å². The normalized spacial score (nSPS) is 12.6. The van der Waals surface area contributed by atoms with Crippen LogP contribution in [-0.2, 0) is 4.74 Å². The largest absolute Gasteiger partial charge is 0.433 e. The first-order valence-corrected chi connectivity index (χ1v) is 5.43. The monoisotopic (exact) mass is 238 g/mol. The van der Waals surface area contributed by atoms with Crippen LogP contribution < -0.4 is 5.73 Å². The van der Waals surface area contributed by atoms with Crippen LogP contribution in [0.5, 0.6) is 0 Å². The Balaban J connectivity index is 2.35. The molecule has 2 rings (SSSR count). The van der Waals surface area contributed by atoms with E-state index in [1.807, 2.05) is 0 Å². The van der Waals surface area contributed by atoms with E-state index >= 15 is 0 Å². The van der Waals surface area contributed by atoms with Crippen LogP contribution >= 0.6 is 11.3 Å². The zero-order chi connectivity index (χ0) is 11.7. The minimum atomic E-state index is -1.12. The van der Waals surface area contributed by atoms with Gasteiger partial charge in [-0.25, -0.2) is 9.78 Å². The van der Waals surface area contributed by atoms with Gasteiger partial charge in [0.25, 0.3) is 0 Å². The van der Waals surface area contributed by atoms with Crippen molar-refractivity contribution in [2.24, 2.45) is 0 Å². The number of hydrogen-bond donors (Lipinski definition) is 2. The standard InChI is InChI=1S/C10H10N2O3S/c1-5(13)15-9(14)6-2-3-7-8(4-6)16-10(11)12-7/h2-5,13H,1H3,(H2,11,12). The Morgan fingerprint density at radius 2 is 2.38 bits per heavy atom. The van der Waals surface area contributed by atoms with E-state index in [0.717, 1.165) is 10.2 Å². The number of carbonyl (C=O) groups excluding carboxylic acids is 1. The fourth-order valence-corrected chi connectivity index (χ4v) is 2.07. The van der Waals surface area contributed by atoms with Crippen LogP contribution in [0.1, 0.15) is 17.3 Å². The Bertz CT molecular complexity index is 536. The summed E-state index contributed by atoms with van der Waals surface area (Å²) < 4.78 is 5.48. The van der Waals surface area contributed by atoms with Crippen molar-refractivity contribution in [3.05, 3.63) is 23.8 Å². The van der Waals surface area contributed by atoms with Crippen LogP contribution in [0.15, 0.2) is 18.2 Å². The summed E-state index contributed by atoms with van der Waals surface area (Å²) >= 11 is 1.30. The van der Waals surface area contributed by atoms with Crippen molar-refractivity contribution < 1.29 is 14.6 Å².